The van der Waals surface area contributed by atoms with Gasteiger partial charge in [0.15, 0.2) is 17.5 Å². The van der Waals surface area contributed by atoms with Gasteiger partial charge in [0.05, 0.1) is 10.6 Å². The van der Waals surface area contributed by atoms with E-state index in [1.165, 1.54) is 19.1 Å². The van der Waals surface area contributed by atoms with Gasteiger partial charge in [0.2, 0.25) is 10.0 Å². The molecule has 0 fully saturated rings. The van der Waals surface area contributed by atoms with Crippen LogP contribution in [0.1, 0.15) is 12.5 Å². The largest absolute Gasteiger partial charge is 0.267 e. The Morgan fingerprint density at radius 3 is 2.31 bits per heavy atom. The lowest BCUT2D eigenvalue weighted by atomic mass is 10.1. The molecule has 0 spiro atoms. The Morgan fingerprint density at radius 1 is 1.04 bits per heavy atom. The van der Waals surface area contributed by atoms with Crippen LogP contribution in [0, 0.1) is 17.5 Å². The van der Waals surface area contributed by atoms with Crippen molar-refractivity contribution in [2.75, 3.05) is 4.31 Å². The Bertz CT molecular complexity index is 1120. The number of benzene rings is 2. The van der Waals surface area contributed by atoms with Crippen LogP contribution >= 0.6 is 0 Å². The zero-order valence-corrected chi connectivity index (χ0v) is 14.9. The molecule has 6 nitrogen and oxygen atoms in total. The van der Waals surface area contributed by atoms with Gasteiger partial charge in [-0.2, -0.15) is 0 Å². The van der Waals surface area contributed by atoms with Crippen LogP contribution in [0.2, 0.25) is 0 Å². The zero-order valence-electron chi connectivity index (χ0n) is 13.3. The van der Waals surface area contributed by atoms with E-state index in [0.29, 0.717) is 17.7 Å². The van der Waals surface area contributed by atoms with Gasteiger partial charge in [0, 0.05) is 6.04 Å². The number of hydrogen-bond donors (Lipinski definition) is 1. The number of fused-ring (bicyclic) bond motifs is 1. The monoisotopic (exact) mass is 406 g/mol. The van der Waals surface area contributed by atoms with Gasteiger partial charge >= 0.3 is 0 Å². The molecule has 0 saturated heterocycles. The quantitative estimate of drug-likeness (QED) is 0.787. The number of primary sulfonamides is 1. The van der Waals surface area contributed by atoms with E-state index in [2.05, 4.69) is 0 Å². The average Bonchev–Trinajstić information content (AvgIpc) is 2.87. The van der Waals surface area contributed by atoms with Crippen molar-refractivity contribution in [3.05, 3.63) is 53.3 Å². The molecule has 0 saturated carbocycles. The first-order valence-electron chi connectivity index (χ1n) is 7.28. The maximum absolute atomic E-state index is 14.0. The van der Waals surface area contributed by atoms with Gasteiger partial charge in [-0.25, -0.2) is 35.1 Å². The highest BCUT2D eigenvalue weighted by molar-refractivity contribution is 7.93. The average molecular weight is 406 g/mol. The fourth-order valence-corrected chi connectivity index (χ4v) is 5.25. The SMILES string of the molecule is C[C@H]1Cc2cc(S(N)(=O)=O)ccc2N1S(=O)(=O)c1ccc(F)c(F)c1F. The molecule has 2 aromatic rings. The van der Waals surface area contributed by atoms with E-state index in [1.54, 1.807) is 0 Å². The molecular weight excluding hydrogens is 393 g/mol. The van der Waals surface area contributed by atoms with E-state index >= 15 is 0 Å². The summed E-state index contributed by atoms with van der Waals surface area (Å²) in [6.45, 7) is 1.52. The molecule has 1 atom stereocenters. The number of nitrogens with two attached hydrogens (primary N) is 1. The summed E-state index contributed by atoms with van der Waals surface area (Å²) in [6, 6.07) is 4.06. The molecule has 140 valence electrons. The van der Waals surface area contributed by atoms with Gasteiger partial charge in [-0.15, -0.1) is 0 Å². The first-order valence-corrected chi connectivity index (χ1v) is 10.3. The van der Waals surface area contributed by atoms with Crippen LogP contribution in [0.15, 0.2) is 40.1 Å². The van der Waals surface area contributed by atoms with Crippen molar-refractivity contribution >= 4 is 25.7 Å². The number of sulfonamides is 2. The van der Waals surface area contributed by atoms with Gasteiger partial charge in [-0.3, -0.25) is 4.31 Å². The Balaban J connectivity index is 2.16. The highest BCUT2D eigenvalue weighted by atomic mass is 32.2. The van der Waals surface area contributed by atoms with Crippen molar-refractivity contribution in [2.45, 2.75) is 29.2 Å². The number of hydrogen-bond acceptors (Lipinski definition) is 4. The molecule has 11 heteroatoms. The summed E-state index contributed by atoms with van der Waals surface area (Å²) in [4.78, 5) is -1.20. The molecular formula is C15H13F3N2O4S2. The summed E-state index contributed by atoms with van der Waals surface area (Å²) in [5, 5.41) is 5.06. The van der Waals surface area contributed by atoms with Crippen LogP contribution < -0.4 is 9.44 Å². The van der Waals surface area contributed by atoms with Crippen molar-refractivity contribution in [1.29, 1.82) is 0 Å². The molecule has 2 aromatic carbocycles. The van der Waals surface area contributed by atoms with Crippen LogP contribution in [-0.4, -0.2) is 22.9 Å². The van der Waals surface area contributed by atoms with Crippen molar-refractivity contribution in [3.8, 4) is 0 Å². The van der Waals surface area contributed by atoms with Crippen LogP contribution in [0.4, 0.5) is 18.9 Å². The normalized spacial score (nSPS) is 17.4. The summed E-state index contributed by atoms with van der Waals surface area (Å²) in [5.41, 5.74) is 0.490. The van der Waals surface area contributed by atoms with Gasteiger partial charge in [-0.05, 0) is 49.2 Å². The molecule has 0 bridgehead atoms. The van der Waals surface area contributed by atoms with Crippen molar-refractivity contribution in [2.24, 2.45) is 5.14 Å². The van der Waals surface area contributed by atoms with Crippen LogP contribution in [0.3, 0.4) is 0 Å². The summed E-state index contributed by atoms with van der Waals surface area (Å²) in [6.07, 6.45) is 0.142. The minimum atomic E-state index is -4.55. The van der Waals surface area contributed by atoms with E-state index in [-0.39, 0.29) is 17.0 Å². The topological polar surface area (TPSA) is 97.5 Å². The molecule has 0 unspecified atom stereocenters. The summed E-state index contributed by atoms with van der Waals surface area (Å²) in [7, 11) is -8.53. The molecule has 26 heavy (non-hydrogen) atoms. The number of rotatable bonds is 3. The Labute approximate surface area is 148 Å². The lowest BCUT2D eigenvalue weighted by molar-refractivity contribution is 0.432. The van der Waals surface area contributed by atoms with E-state index < -0.39 is 48.4 Å². The van der Waals surface area contributed by atoms with E-state index in [4.69, 9.17) is 5.14 Å². The summed E-state index contributed by atoms with van der Waals surface area (Å²) < 4.78 is 90.0. The summed E-state index contributed by atoms with van der Waals surface area (Å²) in [5.74, 6) is -5.20. The fraction of sp³-hybridized carbons (Fsp3) is 0.200. The third-order valence-electron chi connectivity index (χ3n) is 4.07. The number of nitrogens with zero attached hydrogens (tertiary/aromatic N) is 1. The second kappa shape index (κ2) is 5.96. The lowest BCUT2D eigenvalue weighted by Gasteiger charge is -2.24. The standard InChI is InChI=1S/C15H13F3N2O4S2/c1-8-6-9-7-10(25(19,21)22)2-4-12(9)20(8)26(23,24)13-5-3-11(16)14(17)15(13)18/h2-5,7-8H,6H2,1H3,(H2,19,21,22)/t8-/m0/s1. The molecule has 3 rings (SSSR count). The van der Waals surface area contributed by atoms with Crippen molar-refractivity contribution in [3.63, 3.8) is 0 Å². The molecule has 1 aliphatic rings. The Kier molecular flexibility index (Phi) is 4.28. The zero-order chi connectivity index (χ0) is 19.4. The van der Waals surface area contributed by atoms with Gasteiger partial charge in [0.1, 0.15) is 4.90 Å². The summed E-state index contributed by atoms with van der Waals surface area (Å²) >= 11 is 0. The smallest absolute Gasteiger partial charge is 0.263 e. The van der Waals surface area contributed by atoms with Crippen LogP contribution in [-0.2, 0) is 26.5 Å². The molecule has 0 aromatic heterocycles. The van der Waals surface area contributed by atoms with E-state index in [0.717, 1.165) is 10.4 Å². The maximum atomic E-state index is 14.0. The Hall–Kier alpha value is -2.11. The van der Waals surface area contributed by atoms with Crippen molar-refractivity contribution < 1.29 is 30.0 Å². The van der Waals surface area contributed by atoms with Crippen LogP contribution in [0.5, 0.6) is 0 Å². The van der Waals surface area contributed by atoms with Gasteiger partial charge < -0.3 is 0 Å². The first-order chi connectivity index (χ1) is 11.9. The molecule has 2 N–H and O–H groups in total. The van der Waals surface area contributed by atoms with E-state index in [1.807, 2.05) is 0 Å². The second-order valence-corrected chi connectivity index (χ2v) is 9.21. The molecule has 0 amide bonds. The molecule has 0 radical (unpaired) electrons. The minimum Gasteiger partial charge on any atom is -0.263 e. The fourth-order valence-electron chi connectivity index (χ4n) is 2.94. The number of anilines is 1. The molecule has 1 heterocycles. The van der Waals surface area contributed by atoms with Gasteiger partial charge in [-0.1, -0.05) is 0 Å². The second-order valence-electron chi connectivity index (χ2n) is 5.86. The molecule has 0 aliphatic carbocycles. The third-order valence-corrected chi connectivity index (χ3v) is 6.93. The lowest BCUT2D eigenvalue weighted by Crippen LogP contribution is -2.36. The predicted molar refractivity (Wildman–Crippen MR) is 87.0 cm³/mol. The Morgan fingerprint density at radius 2 is 1.69 bits per heavy atom. The van der Waals surface area contributed by atoms with Crippen LogP contribution in [0.25, 0.3) is 0 Å². The maximum Gasteiger partial charge on any atom is 0.267 e. The highest BCUT2D eigenvalue weighted by Crippen LogP contribution is 2.38. The van der Waals surface area contributed by atoms with Crippen molar-refractivity contribution in [1.82, 2.24) is 0 Å². The number of halogens is 3. The third kappa shape index (κ3) is 2.85. The van der Waals surface area contributed by atoms with Gasteiger partial charge in [0.25, 0.3) is 10.0 Å². The molecule has 1 aliphatic heterocycles. The van der Waals surface area contributed by atoms with E-state index in [9.17, 15) is 30.0 Å². The first kappa shape index (κ1) is 18.7. The highest BCUT2D eigenvalue weighted by Gasteiger charge is 2.38. The minimum absolute atomic E-state index is 0.119. The predicted octanol–water partition coefficient (Wildman–Crippen LogP) is 1.89.